The fraction of sp³-hybridized carbons (Fsp3) is 0.714. The summed E-state index contributed by atoms with van der Waals surface area (Å²) in [4.78, 5) is 8.21. The molecule has 0 saturated heterocycles. The van der Waals surface area contributed by atoms with Crippen LogP contribution in [-0.2, 0) is 0 Å². The zero-order valence-electron chi connectivity index (χ0n) is 12.0. The summed E-state index contributed by atoms with van der Waals surface area (Å²) in [5.74, 6) is 1.52. The fourth-order valence-electron chi connectivity index (χ4n) is 2.52. The zero-order valence-corrected chi connectivity index (χ0v) is 12.0. The minimum atomic E-state index is -0.165. The van der Waals surface area contributed by atoms with E-state index in [1.165, 1.54) is 6.33 Å². The summed E-state index contributed by atoms with van der Waals surface area (Å²) in [6, 6.07) is 0. The lowest BCUT2D eigenvalue weighted by atomic mass is 9.87. The summed E-state index contributed by atoms with van der Waals surface area (Å²) in [6.45, 7) is 3.39. The molecule has 1 aliphatic carbocycles. The van der Waals surface area contributed by atoms with Crippen molar-refractivity contribution in [3.05, 3.63) is 6.33 Å². The molecule has 0 spiro atoms. The van der Waals surface area contributed by atoms with E-state index in [4.69, 9.17) is 10.5 Å². The molecule has 0 aromatic carbocycles. The van der Waals surface area contributed by atoms with E-state index in [1.54, 1.807) is 0 Å². The molecule has 0 amide bonds. The topological polar surface area (TPSA) is 93.3 Å². The van der Waals surface area contributed by atoms with Gasteiger partial charge in [-0.25, -0.2) is 4.98 Å². The molecular weight excluding hydrogens is 256 g/mol. The number of nitrogens with zero attached hydrogens (tertiary/aromatic N) is 2. The number of nitrogens with two attached hydrogens (primary N) is 1. The number of aliphatic hydroxyl groups excluding tert-OH is 1. The molecule has 20 heavy (non-hydrogen) atoms. The number of hydrogen-bond donors (Lipinski definition) is 3. The lowest BCUT2D eigenvalue weighted by molar-refractivity contribution is 0.104. The van der Waals surface area contributed by atoms with Gasteiger partial charge in [-0.2, -0.15) is 4.98 Å². The lowest BCUT2D eigenvalue weighted by Gasteiger charge is -2.26. The van der Waals surface area contributed by atoms with Crippen LogP contribution in [0, 0.1) is 5.92 Å². The van der Waals surface area contributed by atoms with Crippen molar-refractivity contribution in [3.63, 3.8) is 0 Å². The Bertz CT molecular complexity index is 428. The van der Waals surface area contributed by atoms with Crippen molar-refractivity contribution in [1.29, 1.82) is 0 Å². The van der Waals surface area contributed by atoms with Gasteiger partial charge in [-0.15, -0.1) is 0 Å². The number of aliphatic hydroxyl groups is 1. The SMILES string of the molecule is CCCOc1ncnc(NCC2CCCC(O)C2)c1N. The van der Waals surface area contributed by atoms with E-state index in [9.17, 15) is 5.11 Å². The molecule has 2 unspecified atom stereocenters. The average molecular weight is 280 g/mol. The number of ether oxygens (including phenoxy) is 1. The summed E-state index contributed by atoms with van der Waals surface area (Å²) < 4.78 is 5.48. The summed E-state index contributed by atoms with van der Waals surface area (Å²) in [7, 11) is 0. The molecule has 6 heteroatoms. The highest BCUT2D eigenvalue weighted by molar-refractivity contribution is 5.66. The normalized spacial score (nSPS) is 22.5. The Hall–Kier alpha value is -1.56. The summed E-state index contributed by atoms with van der Waals surface area (Å²) in [6.07, 6.45) is 6.18. The largest absolute Gasteiger partial charge is 0.476 e. The van der Waals surface area contributed by atoms with Crippen LogP contribution in [0.25, 0.3) is 0 Å². The van der Waals surface area contributed by atoms with Gasteiger partial charge < -0.3 is 20.9 Å². The maximum absolute atomic E-state index is 9.67. The summed E-state index contributed by atoms with van der Waals surface area (Å²) >= 11 is 0. The van der Waals surface area contributed by atoms with Gasteiger partial charge in [-0.3, -0.25) is 0 Å². The Labute approximate surface area is 119 Å². The van der Waals surface area contributed by atoms with Gasteiger partial charge >= 0.3 is 0 Å². The predicted octanol–water partition coefficient (Wildman–Crippen LogP) is 1.81. The van der Waals surface area contributed by atoms with Crippen molar-refractivity contribution in [2.75, 3.05) is 24.2 Å². The third kappa shape index (κ3) is 3.96. The van der Waals surface area contributed by atoms with Crippen LogP contribution >= 0.6 is 0 Å². The van der Waals surface area contributed by atoms with E-state index in [1.807, 2.05) is 6.92 Å². The molecule has 1 saturated carbocycles. The van der Waals surface area contributed by atoms with Crippen molar-refractivity contribution < 1.29 is 9.84 Å². The molecule has 112 valence electrons. The molecule has 1 aromatic heterocycles. The second-order valence-corrected chi connectivity index (χ2v) is 5.36. The average Bonchev–Trinajstić information content (AvgIpc) is 2.45. The van der Waals surface area contributed by atoms with Crippen LogP contribution < -0.4 is 15.8 Å². The molecule has 4 N–H and O–H groups in total. The minimum Gasteiger partial charge on any atom is -0.476 e. The van der Waals surface area contributed by atoms with Gasteiger partial charge in [0.1, 0.15) is 12.0 Å². The monoisotopic (exact) mass is 280 g/mol. The number of nitrogen functional groups attached to an aromatic ring is 1. The highest BCUT2D eigenvalue weighted by atomic mass is 16.5. The molecule has 1 aliphatic rings. The number of aromatic nitrogens is 2. The van der Waals surface area contributed by atoms with Gasteiger partial charge in [0.05, 0.1) is 12.7 Å². The molecule has 0 bridgehead atoms. The van der Waals surface area contributed by atoms with Gasteiger partial charge in [-0.05, 0) is 31.6 Å². The molecule has 1 aromatic rings. The summed E-state index contributed by atoms with van der Waals surface area (Å²) in [5, 5.41) is 12.9. The Kier molecular flexibility index (Phi) is 5.40. The molecular formula is C14H24N4O2. The third-order valence-electron chi connectivity index (χ3n) is 3.60. The van der Waals surface area contributed by atoms with E-state index < -0.39 is 0 Å². The molecule has 6 nitrogen and oxygen atoms in total. The van der Waals surface area contributed by atoms with Crippen LogP contribution in [-0.4, -0.2) is 34.3 Å². The van der Waals surface area contributed by atoms with Crippen LogP contribution in [0.2, 0.25) is 0 Å². The van der Waals surface area contributed by atoms with Gasteiger partial charge in [0.25, 0.3) is 0 Å². The molecule has 2 rings (SSSR count). The first-order chi connectivity index (χ1) is 9.70. The van der Waals surface area contributed by atoms with Crippen molar-refractivity contribution in [1.82, 2.24) is 9.97 Å². The van der Waals surface area contributed by atoms with Crippen molar-refractivity contribution in [2.24, 2.45) is 5.92 Å². The third-order valence-corrected chi connectivity index (χ3v) is 3.60. The highest BCUT2D eigenvalue weighted by Crippen LogP contribution is 2.27. The van der Waals surface area contributed by atoms with E-state index in [-0.39, 0.29) is 6.10 Å². The minimum absolute atomic E-state index is 0.165. The first kappa shape index (κ1) is 14.8. The van der Waals surface area contributed by atoms with E-state index in [0.29, 0.717) is 29.9 Å². The Balaban J connectivity index is 1.91. The lowest BCUT2D eigenvalue weighted by Crippen LogP contribution is -2.25. The van der Waals surface area contributed by atoms with Crippen LogP contribution in [0.1, 0.15) is 39.0 Å². The van der Waals surface area contributed by atoms with Crippen molar-refractivity contribution in [2.45, 2.75) is 45.1 Å². The first-order valence-corrected chi connectivity index (χ1v) is 7.36. The maximum atomic E-state index is 9.67. The smallest absolute Gasteiger partial charge is 0.242 e. The summed E-state index contributed by atoms with van der Waals surface area (Å²) in [5.41, 5.74) is 6.46. The van der Waals surface area contributed by atoms with Crippen LogP contribution in [0.15, 0.2) is 6.33 Å². The number of rotatable bonds is 6. The fourth-order valence-corrected chi connectivity index (χ4v) is 2.52. The maximum Gasteiger partial charge on any atom is 0.242 e. The molecule has 2 atom stereocenters. The van der Waals surface area contributed by atoms with E-state index >= 15 is 0 Å². The first-order valence-electron chi connectivity index (χ1n) is 7.36. The van der Waals surface area contributed by atoms with Crippen molar-refractivity contribution >= 4 is 11.5 Å². The van der Waals surface area contributed by atoms with Gasteiger partial charge in [0.2, 0.25) is 5.88 Å². The molecule has 1 heterocycles. The quantitative estimate of drug-likeness (QED) is 0.736. The van der Waals surface area contributed by atoms with E-state index in [0.717, 1.165) is 38.6 Å². The molecule has 0 radical (unpaired) electrons. The Morgan fingerprint density at radius 3 is 3.05 bits per heavy atom. The second-order valence-electron chi connectivity index (χ2n) is 5.36. The van der Waals surface area contributed by atoms with Crippen LogP contribution in [0.3, 0.4) is 0 Å². The predicted molar refractivity (Wildman–Crippen MR) is 78.7 cm³/mol. The number of anilines is 2. The highest BCUT2D eigenvalue weighted by Gasteiger charge is 2.20. The number of nitrogens with one attached hydrogen (secondary N) is 1. The Morgan fingerprint density at radius 2 is 2.30 bits per heavy atom. The van der Waals surface area contributed by atoms with Crippen LogP contribution in [0.5, 0.6) is 5.88 Å². The zero-order chi connectivity index (χ0) is 14.4. The van der Waals surface area contributed by atoms with E-state index in [2.05, 4.69) is 15.3 Å². The van der Waals surface area contributed by atoms with Crippen LogP contribution in [0.4, 0.5) is 11.5 Å². The number of hydrogen-bond acceptors (Lipinski definition) is 6. The van der Waals surface area contributed by atoms with Gasteiger partial charge in [-0.1, -0.05) is 13.3 Å². The Morgan fingerprint density at radius 1 is 1.45 bits per heavy atom. The second kappa shape index (κ2) is 7.28. The molecule has 0 aliphatic heterocycles. The molecule has 1 fully saturated rings. The standard InChI is InChI=1S/C14H24N4O2/c1-2-6-20-14-12(15)13(17-9-18-14)16-8-10-4-3-5-11(19)7-10/h9-11,19H,2-8,15H2,1H3,(H,16,17,18). The van der Waals surface area contributed by atoms with Gasteiger partial charge in [0.15, 0.2) is 5.82 Å². The van der Waals surface area contributed by atoms with Gasteiger partial charge in [0, 0.05) is 6.54 Å². The van der Waals surface area contributed by atoms with Crippen molar-refractivity contribution in [3.8, 4) is 5.88 Å².